The lowest BCUT2D eigenvalue weighted by atomic mass is 10.2. The van der Waals surface area contributed by atoms with Crippen molar-refractivity contribution in [2.45, 2.75) is 32.4 Å². The molecule has 19 heavy (non-hydrogen) atoms. The zero-order valence-corrected chi connectivity index (χ0v) is 11.6. The van der Waals surface area contributed by atoms with Gasteiger partial charge in [0.15, 0.2) is 0 Å². The van der Waals surface area contributed by atoms with E-state index in [1.54, 1.807) is 0 Å². The van der Waals surface area contributed by atoms with E-state index < -0.39 is 0 Å². The predicted molar refractivity (Wildman–Crippen MR) is 71.8 cm³/mol. The minimum absolute atomic E-state index is 0.160. The first-order chi connectivity index (χ1) is 9.13. The number of carbonyl (C=O) groups excluding carboxylic acids is 1. The maximum atomic E-state index is 11.7. The summed E-state index contributed by atoms with van der Waals surface area (Å²) < 4.78 is 4.84. The number of ether oxygens (including phenoxy) is 1. The third-order valence-electron chi connectivity index (χ3n) is 3.34. The molecule has 6 heteroatoms. The second kappa shape index (κ2) is 5.97. The van der Waals surface area contributed by atoms with Crippen LogP contribution in [0.15, 0.2) is 6.07 Å². The average molecular weight is 264 g/mol. The number of methoxy groups -OCH3 is 1. The topological polar surface area (TPSA) is 67.4 Å². The van der Waals surface area contributed by atoms with Crippen molar-refractivity contribution in [3.63, 3.8) is 0 Å². The molecule has 1 aromatic heterocycles. The lowest BCUT2D eigenvalue weighted by Gasteiger charge is -2.21. The number of carbonyl (C=O) groups is 1. The number of aromatic nitrogens is 2. The monoisotopic (exact) mass is 264 g/mol. The van der Waals surface area contributed by atoms with Crippen LogP contribution in [0, 0.1) is 6.92 Å². The van der Waals surface area contributed by atoms with Crippen LogP contribution in [-0.4, -0.2) is 47.6 Å². The van der Waals surface area contributed by atoms with Crippen LogP contribution in [0.4, 0.5) is 5.82 Å². The Morgan fingerprint density at radius 2 is 2.37 bits per heavy atom. The van der Waals surface area contributed by atoms with Gasteiger partial charge in [-0.05, 0) is 26.3 Å². The molecule has 0 bridgehead atoms. The molecule has 1 saturated heterocycles. The van der Waals surface area contributed by atoms with Crippen LogP contribution < -0.4 is 5.32 Å². The lowest BCUT2D eigenvalue weighted by Crippen LogP contribution is -2.36. The van der Waals surface area contributed by atoms with Gasteiger partial charge < -0.3 is 10.1 Å². The summed E-state index contributed by atoms with van der Waals surface area (Å²) in [5.41, 5.74) is 0.920. The van der Waals surface area contributed by atoms with Gasteiger partial charge in [-0.3, -0.25) is 9.69 Å². The summed E-state index contributed by atoms with van der Waals surface area (Å²) in [6.07, 6.45) is 1.85. The van der Waals surface area contributed by atoms with E-state index in [9.17, 15) is 4.79 Å². The summed E-state index contributed by atoms with van der Waals surface area (Å²) in [5.74, 6) is 1.37. The van der Waals surface area contributed by atoms with E-state index in [2.05, 4.69) is 20.2 Å². The Kier molecular flexibility index (Phi) is 4.31. The molecule has 0 radical (unpaired) electrons. The Morgan fingerprint density at radius 1 is 1.58 bits per heavy atom. The van der Waals surface area contributed by atoms with E-state index in [4.69, 9.17) is 4.74 Å². The van der Waals surface area contributed by atoms with Crippen LogP contribution >= 0.6 is 0 Å². The number of hydrogen-bond acceptors (Lipinski definition) is 6. The van der Waals surface area contributed by atoms with Gasteiger partial charge in [-0.15, -0.1) is 0 Å². The van der Waals surface area contributed by atoms with Crippen molar-refractivity contribution in [1.82, 2.24) is 14.9 Å². The fraction of sp³-hybridized carbons (Fsp3) is 0.615. The van der Waals surface area contributed by atoms with Crippen molar-refractivity contribution < 1.29 is 9.53 Å². The van der Waals surface area contributed by atoms with Crippen molar-refractivity contribution in [3.8, 4) is 0 Å². The van der Waals surface area contributed by atoms with E-state index in [1.165, 1.54) is 7.11 Å². The zero-order valence-electron chi connectivity index (χ0n) is 11.6. The van der Waals surface area contributed by atoms with Gasteiger partial charge >= 0.3 is 5.97 Å². The van der Waals surface area contributed by atoms with Crippen molar-refractivity contribution in [3.05, 3.63) is 17.6 Å². The third-order valence-corrected chi connectivity index (χ3v) is 3.34. The molecule has 1 atom stereocenters. The number of rotatable bonds is 4. The smallest absolute Gasteiger partial charge is 0.323 e. The number of hydrogen-bond donors (Lipinski definition) is 1. The number of anilines is 1. The lowest BCUT2D eigenvalue weighted by molar-refractivity contribution is -0.146. The van der Waals surface area contributed by atoms with Crippen LogP contribution in [0.3, 0.4) is 0 Å². The van der Waals surface area contributed by atoms with Crippen molar-refractivity contribution >= 4 is 11.8 Å². The predicted octanol–water partition coefficient (Wildman–Crippen LogP) is 0.964. The van der Waals surface area contributed by atoms with Crippen LogP contribution in [0.1, 0.15) is 24.4 Å². The zero-order chi connectivity index (χ0) is 13.8. The molecular weight excluding hydrogens is 244 g/mol. The molecule has 0 aromatic carbocycles. The molecule has 1 aliphatic heterocycles. The van der Waals surface area contributed by atoms with E-state index in [1.807, 2.05) is 20.0 Å². The molecule has 1 aromatic rings. The third kappa shape index (κ3) is 3.20. The highest BCUT2D eigenvalue weighted by Gasteiger charge is 2.31. The van der Waals surface area contributed by atoms with E-state index in [0.717, 1.165) is 36.7 Å². The number of esters is 1. The Morgan fingerprint density at radius 3 is 3.05 bits per heavy atom. The first-order valence-corrected chi connectivity index (χ1v) is 6.48. The SMILES string of the molecule is CNc1cc(C)nc(CN2CCCC2C(=O)OC)n1. The van der Waals surface area contributed by atoms with Crippen molar-refractivity contribution in [2.75, 3.05) is 26.0 Å². The Labute approximate surface area is 113 Å². The molecule has 6 nitrogen and oxygen atoms in total. The fourth-order valence-electron chi connectivity index (χ4n) is 2.43. The first kappa shape index (κ1) is 13.7. The van der Waals surface area contributed by atoms with Crippen LogP contribution in [0.2, 0.25) is 0 Å². The molecule has 1 unspecified atom stereocenters. The summed E-state index contributed by atoms with van der Waals surface area (Å²) in [6, 6.07) is 1.73. The first-order valence-electron chi connectivity index (χ1n) is 6.48. The molecule has 0 saturated carbocycles. The molecule has 2 heterocycles. The van der Waals surface area contributed by atoms with Gasteiger partial charge in [0.25, 0.3) is 0 Å². The Balaban J connectivity index is 2.11. The Bertz CT molecular complexity index is 464. The normalized spacial score (nSPS) is 19.4. The number of likely N-dealkylation sites (tertiary alicyclic amines) is 1. The van der Waals surface area contributed by atoms with E-state index in [0.29, 0.717) is 6.54 Å². The van der Waals surface area contributed by atoms with Gasteiger partial charge in [-0.2, -0.15) is 0 Å². The molecule has 1 aliphatic rings. The van der Waals surface area contributed by atoms with Gasteiger partial charge in [0.2, 0.25) is 0 Å². The highest BCUT2D eigenvalue weighted by Crippen LogP contribution is 2.20. The molecular formula is C13H20N4O2. The van der Waals surface area contributed by atoms with Crippen molar-refractivity contribution in [1.29, 1.82) is 0 Å². The molecule has 2 rings (SSSR count). The second-order valence-electron chi connectivity index (χ2n) is 4.71. The second-order valence-corrected chi connectivity index (χ2v) is 4.71. The summed E-state index contributed by atoms with van der Waals surface area (Å²) >= 11 is 0. The van der Waals surface area contributed by atoms with Crippen LogP contribution in [0.25, 0.3) is 0 Å². The average Bonchev–Trinajstić information content (AvgIpc) is 2.85. The van der Waals surface area contributed by atoms with Crippen molar-refractivity contribution in [2.24, 2.45) is 0 Å². The van der Waals surface area contributed by atoms with Gasteiger partial charge in [0, 0.05) is 18.8 Å². The largest absolute Gasteiger partial charge is 0.468 e. The van der Waals surface area contributed by atoms with Crippen LogP contribution in [-0.2, 0) is 16.1 Å². The molecule has 0 aliphatic carbocycles. The number of nitrogens with one attached hydrogen (secondary N) is 1. The van der Waals surface area contributed by atoms with E-state index >= 15 is 0 Å². The highest BCUT2D eigenvalue weighted by molar-refractivity contribution is 5.75. The van der Waals surface area contributed by atoms with Crippen LogP contribution in [0.5, 0.6) is 0 Å². The summed E-state index contributed by atoms with van der Waals surface area (Å²) in [5, 5.41) is 3.02. The highest BCUT2D eigenvalue weighted by atomic mass is 16.5. The standard InChI is InChI=1S/C13H20N4O2/c1-9-7-11(14-2)16-12(15-9)8-17-6-4-5-10(17)13(18)19-3/h7,10H,4-6,8H2,1-3H3,(H,14,15,16). The summed E-state index contributed by atoms with van der Waals surface area (Å²) in [6.45, 7) is 3.40. The maximum Gasteiger partial charge on any atom is 0.323 e. The van der Waals surface area contributed by atoms with E-state index in [-0.39, 0.29) is 12.0 Å². The molecule has 1 N–H and O–H groups in total. The van der Waals surface area contributed by atoms with Gasteiger partial charge in [-0.25, -0.2) is 9.97 Å². The fourth-order valence-corrected chi connectivity index (χ4v) is 2.43. The Hall–Kier alpha value is -1.69. The minimum Gasteiger partial charge on any atom is -0.468 e. The number of aryl methyl sites for hydroxylation is 1. The molecule has 104 valence electrons. The van der Waals surface area contributed by atoms with Gasteiger partial charge in [0.05, 0.1) is 13.7 Å². The van der Waals surface area contributed by atoms with Gasteiger partial charge in [-0.1, -0.05) is 0 Å². The summed E-state index contributed by atoms with van der Waals surface area (Å²) in [4.78, 5) is 22.6. The number of nitrogens with zero attached hydrogens (tertiary/aromatic N) is 3. The quantitative estimate of drug-likeness (QED) is 0.817. The minimum atomic E-state index is -0.168. The van der Waals surface area contributed by atoms with Gasteiger partial charge in [0.1, 0.15) is 17.7 Å². The molecule has 0 spiro atoms. The summed E-state index contributed by atoms with van der Waals surface area (Å²) in [7, 11) is 3.26. The molecule has 0 amide bonds. The maximum absolute atomic E-state index is 11.7. The molecule has 1 fully saturated rings.